The Morgan fingerprint density at radius 2 is 2.12 bits per heavy atom. The van der Waals surface area contributed by atoms with Crippen LogP contribution < -0.4 is 15.5 Å². The van der Waals surface area contributed by atoms with E-state index < -0.39 is 6.23 Å². The molecule has 2 fully saturated rings. The lowest BCUT2D eigenvalue weighted by atomic mass is 10.1. The minimum atomic E-state index is -0.489. The van der Waals surface area contributed by atoms with Crippen LogP contribution in [0.15, 0.2) is 12.1 Å². The van der Waals surface area contributed by atoms with E-state index in [2.05, 4.69) is 25.8 Å². The summed E-state index contributed by atoms with van der Waals surface area (Å²) < 4.78 is 0. The van der Waals surface area contributed by atoms with Crippen LogP contribution in [0.4, 0.5) is 5.82 Å². The Hall–Kier alpha value is -2.19. The predicted molar refractivity (Wildman–Crippen MR) is 89.8 cm³/mol. The summed E-state index contributed by atoms with van der Waals surface area (Å²) in [4.78, 5) is 18.9. The predicted octanol–water partition coefficient (Wildman–Crippen LogP) is 0.358. The SMILES string of the molecule is O=C(NC1CCNCC1)c1[nH]nc2nc(N3CCCC3O)ccc12. The zero-order chi connectivity index (χ0) is 16.5. The first-order valence-electron chi connectivity index (χ1n) is 8.54. The Morgan fingerprint density at radius 1 is 1.29 bits per heavy atom. The highest BCUT2D eigenvalue weighted by molar-refractivity contribution is 6.04. The van der Waals surface area contributed by atoms with E-state index >= 15 is 0 Å². The molecule has 2 aliphatic rings. The number of aliphatic hydroxyl groups is 1. The fourth-order valence-electron chi connectivity index (χ4n) is 3.46. The second-order valence-corrected chi connectivity index (χ2v) is 6.45. The molecule has 0 spiro atoms. The first-order valence-corrected chi connectivity index (χ1v) is 8.54. The molecule has 2 aliphatic heterocycles. The second-order valence-electron chi connectivity index (χ2n) is 6.45. The third kappa shape index (κ3) is 2.83. The number of carbonyl (C=O) groups is 1. The third-order valence-electron chi connectivity index (χ3n) is 4.82. The van der Waals surface area contributed by atoms with E-state index in [1.165, 1.54) is 0 Å². The molecule has 4 rings (SSSR count). The molecule has 4 N–H and O–H groups in total. The smallest absolute Gasteiger partial charge is 0.270 e. The number of amides is 1. The number of aromatic nitrogens is 3. The van der Waals surface area contributed by atoms with E-state index in [9.17, 15) is 9.90 Å². The van der Waals surface area contributed by atoms with Crippen molar-refractivity contribution in [2.75, 3.05) is 24.5 Å². The number of aliphatic hydroxyl groups excluding tert-OH is 1. The summed E-state index contributed by atoms with van der Waals surface area (Å²) in [7, 11) is 0. The van der Waals surface area contributed by atoms with Crippen LogP contribution in [0.25, 0.3) is 11.0 Å². The summed E-state index contributed by atoms with van der Waals surface area (Å²) >= 11 is 0. The number of anilines is 1. The van der Waals surface area contributed by atoms with Gasteiger partial charge in [-0.3, -0.25) is 9.89 Å². The number of pyridine rings is 1. The van der Waals surface area contributed by atoms with Crippen molar-refractivity contribution < 1.29 is 9.90 Å². The molecule has 2 aromatic rings. The summed E-state index contributed by atoms with van der Waals surface area (Å²) in [6.07, 6.45) is 3.09. The van der Waals surface area contributed by atoms with Crippen molar-refractivity contribution in [3.8, 4) is 0 Å². The van der Waals surface area contributed by atoms with Gasteiger partial charge >= 0.3 is 0 Å². The van der Waals surface area contributed by atoms with Crippen LogP contribution in [0.3, 0.4) is 0 Å². The summed E-state index contributed by atoms with van der Waals surface area (Å²) in [6, 6.07) is 3.89. The molecule has 0 bridgehead atoms. The minimum absolute atomic E-state index is 0.139. The Morgan fingerprint density at radius 3 is 2.88 bits per heavy atom. The van der Waals surface area contributed by atoms with E-state index in [1.54, 1.807) is 0 Å². The van der Waals surface area contributed by atoms with Gasteiger partial charge in [0, 0.05) is 12.6 Å². The van der Waals surface area contributed by atoms with Gasteiger partial charge in [0.2, 0.25) is 0 Å². The molecule has 2 aromatic heterocycles. The lowest BCUT2D eigenvalue weighted by Gasteiger charge is -2.23. The van der Waals surface area contributed by atoms with E-state index in [4.69, 9.17) is 0 Å². The molecule has 0 aliphatic carbocycles. The Kier molecular flexibility index (Phi) is 4.07. The van der Waals surface area contributed by atoms with Gasteiger partial charge < -0.3 is 20.6 Å². The van der Waals surface area contributed by atoms with Crippen LogP contribution in [0.1, 0.15) is 36.2 Å². The van der Waals surface area contributed by atoms with Gasteiger partial charge in [0.1, 0.15) is 17.7 Å². The fourth-order valence-corrected chi connectivity index (χ4v) is 3.46. The van der Waals surface area contributed by atoms with Gasteiger partial charge in [-0.15, -0.1) is 0 Å². The lowest BCUT2D eigenvalue weighted by molar-refractivity contribution is 0.0926. The molecule has 2 saturated heterocycles. The standard InChI is InChI=1S/C16H22N6O2/c23-13-2-1-9-22(13)12-4-3-11-14(20-21-15(11)19-12)16(24)18-10-5-7-17-8-6-10/h3-4,10,13,17,23H,1-2,5-9H2,(H,18,24)(H,19,20,21). The number of nitrogens with zero attached hydrogens (tertiary/aromatic N) is 3. The third-order valence-corrected chi connectivity index (χ3v) is 4.82. The van der Waals surface area contributed by atoms with Gasteiger partial charge in [-0.05, 0) is 50.9 Å². The largest absolute Gasteiger partial charge is 0.374 e. The quantitative estimate of drug-likeness (QED) is 0.647. The Bertz CT molecular complexity index is 739. The molecule has 4 heterocycles. The highest BCUT2D eigenvalue weighted by Crippen LogP contribution is 2.25. The van der Waals surface area contributed by atoms with Crippen molar-refractivity contribution in [1.82, 2.24) is 25.8 Å². The highest BCUT2D eigenvalue weighted by atomic mass is 16.3. The molecule has 0 radical (unpaired) electrons. The zero-order valence-electron chi connectivity index (χ0n) is 13.5. The van der Waals surface area contributed by atoms with Crippen molar-refractivity contribution in [3.05, 3.63) is 17.8 Å². The van der Waals surface area contributed by atoms with Crippen molar-refractivity contribution in [3.63, 3.8) is 0 Å². The maximum Gasteiger partial charge on any atom is 0.270 e. The number of rotatable bonds is 3. The van der Waals surface area contributed by atoms with Crippen LogP contribution in [0, 0.1) is 0 Å². The van der Waals surface area contributed by atoms with Gasteiger partial charge in [0.15, 0.2) is 5.65 Å². The molecule has 1 amide bonds. The maximum atomic E-state index is 12.5. The van der Waals surface area contributed by atoms with Crippen molar-refractivity contribution in [2.24, 2.45) is 0 Å². The average Bonchev–Trinajstić information content (AvgIpc) is 3.21. The number of H-pyrrole nitrogens is 1. The topological polar surface area (TPSA) is 106 Å². The Balaban J connectivity index is 1.55. The summed E-state index contributed by atoms with van der Waals surface area (Å²) in [5, 5.41) is 24.0. The van der Waals surface area contributed by atoms with Crippen LogP contribution >= 0.6 is 0 Å². The molecular formula is C16H22N6O2. The van der Waals surface area contributed by atoms with Crippen LogP contribution in [-0.4, -0.2) is 58.1 Å². The molecule has 24 heavy (non-hydrogen) atoms. The summed E-state index contributed by atoms with van der Waals surface area (Å²) in [6.45, 7) is 2.64. The van der Waals surface area contributed by atoms with Gasteiger partial charge in [-0.25, -0.2) is 4.98 Å². The molecule has 1 atom stereocenters. The number of aromatic amines is 1. The zero-order valence-corrected chi connectivity index (χ0v) is 13.5. The normalized spacial score (nSPS) is 22.2. The van der Waals surface area contributed by atoms with Crippen LogP contribution in [0.5, 0.6) is 0 Å². The first-order chi connectivity index (χ1) is 11.7. The lowest BCUT2D eigenvalue weighted by Crippen LogP contribution is -2.42. The van der Waals surface area contributed by atoms with Crippen molar-refractivity contribution in [1.29, 1.82) is 0 Å². The van der Waals surface area contributed by atoms with Crippen LogP contribution in [0.2, 0.25) is 0 Å². The molecule has 8 nitrogen and oxygen atoms in total. The maximum absolute atomic E-state index is 12.5. The number of hydrogen-bond acceptors (Lipinski definition) is 6. The highest BCUT2D eigenvalue weighted by Gasteiger charge is 2.25. The molecule has 0 saturated carbocycles. The van der Waals surface area contributed by atoms with E-state index in [0.717, 1.165) is 45.3 Å². The number of hydrogen-bond donors (Lipinski definition) is 4. The Labute approximate surface area is 139 Å². The second kappa shape index (κ2) is 6.37. The van der Waals surface area contributed by atoms with Crippen molar-refractivity contribution >= 4 is 22.8 Å². The number of piperidine rings is 1. The molecule has 1 unspecified atom stereocenters. The van der Waals surface area contributed by atoms with Gasteiger partial charge in [0.05, 0.1) is 5.39 Å². The number of fused-ring (bicyclic) bond motifs is 1. The fraction of sp³-hybridized carbons (Fsp3) is 0.562. The molecule has 128 valence electrons. The summed E-state index contributed by atoms with van der Waals surface area (Å²) in [5.41, 5.74) is 0.951. The van der Waals surface area contributed by atoms with Crippen LogP contribution in [-0.2, 0) is 0 Å². The molecule has 0 aromatic carbocycles. The number of carbonyl (C=O) groups excluding carboxylic acids is 1. The molecule has 8 heteroatoms. The van der Waals surface area contributed by atoms with Gasteiger partial charge in [0.25, 0.3) is 5.91 Å². The van der Waals surface area contributed by atoms with E-state index in [1.807, 2.05) is 17.0 Å². The number of nitrogens with one attached hydrogen (secondary N) is 3. The monoisotopic (exact) mass is 330 g/mol. The molecular weight excluding hydrogens is 308 g/mol. The van der Waals surface area contributed by atoms with Gasteiger partial charge in [-0.1, -0.05) is 0 Å². The first kappa shape index (κ1) is 15.3. The summed E-state index contributed by atoms with van der Waals surface area (Å²) in [5.74, 6) is 0.560. The van der Waals surface area contributed by atoms with Gasteiger partial charge in [-0.2, -0.15) is 5.10 Å². The minimum Gasteiger partial charge on any atom is -0.374 e. The van der Waals surface area contributed by atoms with E-state index in [-0.39, 0.29) is 11.9 Å². The average molecular weight is 330 g/mol. The van der Waals surface area contributed by atoms with Crippen molar-refractivity contribution in [2.45, 2.75) is 38.0 Å². The van der Waals surface area contributed by atoms with E-state index in [0.29, 0.717) is 22.5 Å².